The van der Waals surface area contributed by atoms with Gasteiger partial charge in [0.2, 0.25) is 0 Å². The summed E-state index contributed by atoms with van der Waals surface area (Å²) in [6, 6.07) is 28.3. The van der Waals surface area contributed by atoms with Gasteiger partial charge in [0, 0.05) is 40.7 Å². The number of benzene rings is 3. The number of para-hydroxylation sites is 2. The van der Waals surface area contributed by atoms with E-state index in [1.54, 1.807) is 12.3 Å². The first-order chi connectivity index (χ1) is 15.3. The number of hydrogen-bond acceptors (Lipinski definition) is 4. The van der Waals surface area contributed by atoms with E-state index in [0.717, 1.165) is 39.0 Å². The second-order valence-corrected chi connectivity index (χ2v) is 7.61. The Hall–Kier alpha value is -4.25. The van der Waals surface area contributed by atoms with Crippen molar-refractivity contribution < 1.29 is 5.11 Å². The molecule has 0 aliphatic carbocycles. The second-order valence-electron chi connectivity index (χ2n) is 7.61. The molecule has 0 bridgehead atoms. The van der Waals surface area contributed by atoms with Gasteiger partial charge in [-0.3, -0.25) is 0 Å². The number of fused-ring (bicyclic) bond motifs is 3. The first-order valence-electron chi connectivity index (χ1n) is 10.2. The summed E-state index contributed by atoms with van der Waals surface area (Å²) in [5.41, 5.74) is 3.99. The molecule has 3 aromatic carbocycles. The zero-order valence-corrected chi connectivity index (χ0v) is 16.8. The number of rotatable bonds is 3. The third-order valence-corrected chi connectivity index (χ3v) is 5.77. The number of aromatic hydroxyl groups is 1. The molecule has 0 spiro atoms. The number of phenols is 1. The van der Waals surface area contributed by atoms with Crippen LogP contribution in [0.15, 0.2) is 104 Å². The number of anilines is 2. The van der Waals surface area contributed by atoms with Gasteiger partial charge >= 0.3 is 0 Å². The zero-order valence-electron chi connectivity index (χ0n) is 16.8. The average Bonchev–Trinajstić information content (AvgIpc) is 3.44. The molecule has 0 saturated heterocycles. The molecule has 6 rings (SSSR count). The van der Waals surface area contributed by atoms with Gasteiger partial charge in [0.15, 0.2) is 0 Å². The Morgan fingerprint density at radius 1 is 0.710 bits per heavy atom. The van der Waals surface area contributed by atoms with Crippen LogP contribution in [0.25, 0.3) is 27.5 Å². The quantitative estimate of drug-likeness (QED) is 0.423. The molecule has 0 saturated carbocycles. The molecular weight excluding hydrogens is 384 g/mol. The Kier molecular flexibility index (Phi) is 3.93. The fourth-order valence-electron chi connectivity index (χ4n) is 4.34. The van der Waals surface area contributed by atoms with Crippen LogP contribution in [0.1, 0.15) is 0 Å². The van der Waals surface area contributed by atoms with Crippen LogP contribution >= 0.6 is 0 Å². The Labute approximate surface area is 179 Å². The maximum Gasteiger partial charge on any atom is 0.140 e. The predicted octanol–water partition coefficient (Wildman–Crippen LogP) is 5.64. The highest BCUT2D eigenvalue weighted by Crippen LogP contribution is 2.37. The summed E-state index contributed by atoms with van der Waals surface area (Å²) in [5, 5.41) is 12.9. The van der Waals surface area contributed by atoms with Crippen molar-refractivity contribution in [2.24, 2.45) is 0 Å². The number of pyridine rings is 1. The summed E-state index contributed by atoms with van der Waals surface area (Å²) < 4.78 is 2.14. The smallest absolute Gasteiger partial charge is 0.140 e. The maximum atomic E-state index is 10.7. The summed E-state index contributed by atoms with van der Waals surface area (Å²) in [6.45, 7) is 0.693. The van der Waals surface area contributed by atoms with Gasteiger partial charge in [0.1, 0.15) is 18.2 Å². The van der Waals surface area contributed by atoms with Crippen LogP contribution in [0.3, 0.4) is 0 Å². The Morgan fingerprint density at radius 3 is 2.39 bits per heavy atom. The summed E-state index contributed by atoms with van der Waals surface area (Å²) >= 11 is 0. The van der Waals surface area contributed by atoms with Gasteiger partial charge in [0.25, 0.3) is 0 Å². The van der Waals surface area contributed by atoms with Crippen molar-refractivity contribution in [1.82, 2.24) is 9.55 Å². The van der Waals surface area contributed by atoms with E-state index in [0.29, 0.717) is 6.67 Å². The molecular formula is C26H20N4O. The lowest BCUT2D eigenvalue weighted by atomic mass is 10.1. The fourth-order valence-corrected chi connectivity index (χ4v) is 4.34. The van der Waals surface area contributed by atoms with Gasteiger partial charge < -0.3 is 19.5 Å². The Morgan fingerprint density at radius 2 is 1.48 bits per heavy atom. The highest BCUT2D eigenvalue weighted by Gasteiger charge is 2.18. The minimum Gasteiger partial charge on any atom is -0.506 e. The summed E-state index contributed by atoms with van der Waals surface area (Å²) in [5.74, 6) is 1.20. The number of hydrogen-bond donors (Lipinski definition) is 1. The van der Waals surface area contributed by atoms with E-state index in [1.165, 1.54) is 0 Å². The SMILES string of the molecule is Oc1cccc2c3ccccc3n(-c3cccc(N4C=CN(c5ccccn5)C4)c3)c12. The minimum absolute atomic E-state index is 0.279. The molecule has 5 heteroatoms. The summed E-state index contributed by atoms with van der Waals surface area (Å²) in [6.07, 6.45) is 5.92. The molecule has 31 heavy (non-hydrogen) atoms. The third kappa shape index (κ3) is 2.82. The highest BCUT2D eigenvalue weighted by molar-refractivity contribution is 6.11. The van der Waals surface area contributed by atoms with Gasteiger partial charge in [-0.2, -0.15) is 0 Å². The molecule has 2 aromatic heterocycles. The number of aromatic nitrogens is 2. The predicted molar refractivity (Wildman–Crippen MR) is 126 cm³/mol. The van der Waals surface area contributed by atoms with Crippen LogP contribution in [0.4, 0.5) is 11.5 Å². The van der Waals surface area contributed by atoms with E-state index < -0.39 is 0 Å². The van der Waals surface area contributed by atoms with Crippen molar-refractivity contribution in [3.05, 3.63) is 104 Å². The van der Waals surface area contributed by atoms with Crippen LogP contribution in [0, 0.1) is 0 Å². The van der Waals surface area contributed by atoms with Crippen LogP contribution in [-0.2, 0) is 0 Å². The monoisotopic (exact) mass is 404 g/mol. The average molecular weight is 404 g/mol. The Balaban J connectivity index is 1.45. The second kappa shape index (κ2) is 6.92. The van der Waals surface area contributed by atoms with Crippen LogP contribution in [-0.4, -0.2) is 21.3 Å². The van der Waals surface area contributed by atoms with Crippen molar-refractivity contribution in [3.8, 4) is 11.4 Å². The van der Waals surface area contributed by atoms with Gasteiger partial charge in [-0.1, -0.05) is 42.5 Å². The largest absolute Gasteiger partial charge is 0.506 e. The standard InChI is InChI=1S/C26H20N4O/c31-24-12-6-10-22-21-9-1-2-11-23(21)30(26(22)24)20-8-5-7-19(17-20)28-15-16-29(18-28)25-13-3-4-14-27-25/h1-17,31H,18H2. The van der Waals surface area contributed by atoms with Gasteiger partial charge in [-0.05, 0) is 42.5 Å². The molecule has 0 atom stereocenters. The fraction of sp³-hybridized carbons (Fsp3) is 0.0385. The minimum atomic E-state index is 0.279. The molecule has 0 unspecified atom stereocenters. The Bertz CT molecular complexity index is 1440. The molecule has 1 aliphatic rings. The maximum absolute atomic E-state index is 10.7. The summed E-state index contributed by atoms with van der Waals surface area (Å²) in [4.78, 5) is 8.74. The van der Waals surface area contributed by atoms with Crippen LogP contribution in [0.5, 0.6) is 5.75 Å². The van der Waals surface area contributed by atoms with E-state index in [9.17, 15) is 5.11 Å². The molecule has 0 fully saturated rings. The van der Waals surface area contributed by atoms with Crippen molar-refractivity contribution in [1.29, 1.82) is 0 Å². The molecule has 1 aliphatic heterocycles. The lowest BCUT2D eigenvalue weighted by Crippen LogP contribution is -2.25. The number of nitrogens with zero attached hydrogens (tertiary/aromatic N) is 4. The van der Waals surface area contributed by atoms with E-state index in [1.807, 2.05) is 42.6 Å². The first kappa shape index (κ1) is 17.6. The third-order valence-electron chi connectivity index (χ3n) is 5.77. The lowest BCUT2D eigenvalue weighted by molar-refractivity contribution is 0.480. The first-order valence-corrected chi connectivity index (χ1v) is 10.2. The lowest BCUT2D eigenvalue weighted by Gasteiger charge is -2.21. The van der Waals surface area contributed by atoms with Crippen LogP contribution < -0.4 is 9.80 Å². The van der Waals surface area contributed by atoms with Crippen molar-refractivity contribution in [2.75, 3.05) is 16.5 Å². The van der Waals surface area contributed by atoms with Gasteiger partial charge in [-0.25, -0.2) is 4.98 Å². The molecule has 0 radical (unpaired) electrons. The topological polar surface area (TPSA) is 44.5 Å². The number of phenolic OH excluding ortho intramolecular Hbond substituents is 1. The van der Waals surface area contributed by atoms with Crippen molar-refractivity contribution in [3.63, 3.8) is 0 Å². The summed E-state index contributed by atoms with van der Waals surface area (Å²) in [7, 11) is 0. The van der Waals surface area contributed by atoms with E-state index in [2.05, 4.69) is 68.0 Å². The molecule has 150 valence electrons. The molecule has 3 heterocycles. The van der Waals surface area contributed by atoms with E-state index >= 15 is 0 Å². The van der Waals surface area contributed by atoms with Crippen molar-refractivity contribution in [2.45, 2.75) is 0 Å². The van der Waals surface area contributed by atoms with Gasteiger partial charge in [0.05, 0.1) is 11.0 Å². The normalized spacial score (nSPS) is 13.5. The molecule has 0 amide bonds. The van der Waals surface area contributed by atoms with E-state index in [-0.39, 0.29) is 5.75 Å². The molecule has 5 aromatic rings. The van der Waals surface area contributed by atoms with Crippen LogP contribution in [0.2, 0.25) is 0 Å². The van der Waals surface area contributed by atoms with Gasteiger partial charge in [-0.15, -0.1) is 0 Å². The molecule has 5 nitrogen and oxygen atoms in total. The highest BCUT2D eigenvalue weighted by atomic mass is 16.3. The van der Waals surface area contributed by atoms with E-state index in [4.69, 9.17) is 0 Å². The molecule has 1 N–H and O–H groups in total. The van der Waals surface area contributed by atoms with Crippen molar-refractivity contribution >= 4 is 33.3 Å². The zero-order chi connectivity index (χ0) is 20.8.